The molecule has 1 rings (SSSR count). The Morgan fingerprint density at radius 1 is 1.21 bits per heavy atom. The van der Waals surface area contributed by atoms with Crippen LogP contribution in [0.5, 0.6) is 0 Å². The Labute approximate surface area is 118 Å². The smallest absolute Gasteiger partial charge is 0.324 e. The molecule has 106 valence electrons. The standard InChI is InChI=1S/C13H19ClN2O3/c1-15(9-12(18-3)19-4)13(17)16(2)11-7-5-10(14)6-8-11/h5-8,12H,9H2,1-4H3. The second-order valence-electron chi connectivity index (χ2n) is 4.10. The van der Waals surface area contributed by atoms with Gasteiger partial charge in [0, 0.05) is 39.0 Å². The number of amides is 2. The molecule has 0 unspecified atom stereocenters. The van der Waals surface area contributed by atoms with Crippen molar-refractivity contribution in [2.24, 2.45) is 0 Å². The van der Waals surface area contributed by atoms with E-state index in [4.69, 9.17) is 21.1 Å². The fourth-order valence-electron chi connectivity index (χ4n) is 1.58. The maximum atomic E-state index is 12.2. The summed E-state index contributed by atoms with van der Waals surface area (Å²) in [6.45, 7) is 0.351. The lowest BCUT2D eigenvalue weighted by Gasteiger charge is -2.27. The fraction of sp³-hybridized carbons (Fsp3) is 0.462. The molecular weight excluding hydrogens is 268 g/mol. The molecule has 1 aromatic carbocycles. The molecule has 0 fully saturated rings. The van der Waals surface area contributed by atoms with E-state index in [-0.39, 0.29) is 6.03 Å². The third-order valence-electron chi connectivity index (χ3n) is 2.78. The van der Waals surface area contributed by atoms with Gasteiger partial charge in [0.05, 0.1) is 6.54 Å². The van der Waals surface area contributed by atoms with Crippen LogP contribution in [0.2, 0.25) is 5.02 Å². The third-order valence-corrected chi connectivity index (χ3v) is 3.03. The molecule has 0 spiro atoms. The number of carbonyl (C=O) groups excluding carboxylic acids is 1. The SMILES string of the molecule is COC(CN(C)C(=O)N(C)c1ccc(Cl)cc1)OC. The molecule has 6 heteroatoms. The summed E-state index contributed by atoms with van der Waals surface area (Å²) >= 11 is 5.82. The Bertz CT molecular complexity index is 407. The minimum atomic E-state index is -0.437. The molecule has 0 aliphatic heterocycles. The highest BCUT2D eigenvalue weighted by molar-refractivity contribution is 6.30. The first kappa shape index (κ1) is 15.8. The number of carbonyl (C=O) groups is 1. The molecule has 19 heavy (non-hydrogen) atoms. The maximum Gasteiger partial charge on any atom is 0.324 e. The predicted octanol–water partition coefficient (Wildman–Crippen LogP) is 2.45. The second kappa shape index (κ2) is 7.33. The molecule has 0 N–H and O–H groups in total. The lowest BCUT2D eigenvalue weighted by atomic mass is 10.3. The molecule has 0 aromatic heterocycles. The quantitative estimate of drug-likeness (QED) is 0.781. The molecule has 0 atom stereocenters. The Kier molecular flexibility index (Phi) is 6.08. The Morgan fingerprint density at radius 2 is 1.74 bits per heavy atom. The van der Waals surface area contributed by atoms with Crippen molar-refractivity contribution >= 4 is 23.3 Å². The van der Waals surface area contributed by atoms with Crippen LogP contribution in [0.4, 0.5) is 10.5 Å². The van der Waals surface area contributed by atoms with Gasteiger partial charge in [-0.3, -0.25) is 4.90 Å². The molecule has 0 saturated heterocycles. The number of benzene rings is 1. The van der Waals surface area contributed by atoms with Crippen molar-refractivity contribution in [3.8, 4) is 0 Å². The van der Waals surface area contributed by atoms with E-state index in [1.54, 1.807) is 43.3 Å². The van der Waals surface area contributed by atoms with Crippen molar-refractivity contribution in [1.29, 1.82) is 0 Å². The van der Waals surface area contributed by atoms with Crippen LogP contribution in [0.3, 0.4) is 0 Å². The second-order valence-corrected chi connectivity index (χ2v) is 4.54. The van der Waals surface area contributed by atoms with E-state index in [0.29, 0.717) is 11.6 Å². The molecule has 1 aromatic rings. The van der Waals surface area contributed by atoms with Gasteiger partial charge in [0.1, 0.15) is 0 Å². The van der Waals surface area contributed by atoms with Gasteiger partial charge in [-0.15, -0.1) is 0 Å². The van der Waals surface area contributed by atoms with Gasteiger partial charge in [0.15, 0.2) is 6.29 Å². The van der Waals surface area contributed by atoms with Crippen molar-refractivity contribution in [2.45, 2.75) is 6.29 Å². The van der Waals surface area contributed by atoms with E-state index in [1.165, 1.54) is 19.1 Å². The van der Waals surface area contributed by atoms with Crippen LogP contribution in [-0.4, -0.2) is 52.1 Å². The summed E-state index contributed by atoms with van der Waals surface area (Å²) in [4.78, 5) is 15.3. The highest BCUT2D eigenvalue weighted by Gasteiger charge is 2.19. The first-order chi connectivity index (χ1) is 8.99. The van der Waals surface area contributed by atoms with Gasteiger partial charge < -0.3 is 14.4 Å². The number of hydrogen-bond donors (Lipinski definition) is 0. The zero-order chi connectivity index (χ0) is 14.4. The average Bonchev–Trinajstić information content (AvgIpc) is 2.43. The molecule has 0 saturated carbocycles. The fourth-order valence-corrected chi connectivity index (χ4v) is 1.70. The predicted molar refractivity (Wildman–Crippen MR) is 75.7 cm³/mol. The van der Waals surface area contributed by atoms with Gasteiger partial charge in [-0.05, 0) is 24.3 Å². The summed E-state index contributed by atoms with van der Waals surface area (Å²) in [5.74, 6) is 0. The summed E-state index contributed by atoms with van der Waals surface area (Å²) in [5, 5.41) is 0.636. The van der Waals surface area contributed by atoms with Crippen molar-refractivity contribution in [2.75, 3.05) is 39.8 Å². The zero-order valence-electron chi connectivity index (χ0n) is 11.6. The number of halogens is 1. The van der Waals surface area contributed by atoms with Crippen LogP contribution in [0.1, 0.15) is 0 Å². The highest BCUT2D eigenvalue weighted by atomic mass is 35.5. The number of likely N-dealkylation sites (N-methyl/N-ethyl adjacent to an activating group) is 1. The van der Waals surface area contributed by atoms with E-state index in [0.717, 1.165) is 5.69 Å². The minimum Gasteiger partial charge on any atom is -0.354 e. The highest BCUT2D eigenvalue weighted by Crippen LogP contribution is 2.17. The van der Waals surface area contributed by atoms with Gasteiger partial charge in [0.2, 0.25) is 0 Å². The normalized spacial score (nSPS) is 10.6. The van der Waals surface area contributed by atoms with Crippen LogP contribution >= 0.6 is 11.6 Å². The molecule has 2 amide bonds. The summed E-state index contributed by atoms with van der Waals surface area (Å²) in [6.07, 6.45) is -0.437. The largest absolute Gasteiger partial charge is 0.354 e. The summed E-state index contributed by atoms with van der Waals surface area (Å²) < 4.78 is 10.1. The number of methoxy groups -OCH3 is 2. The van der Waals surface area contributed by atoms with Crippen LogP contribution in [0.25, 0.3) is 0 Å². The van der Waals surface area contributed by atoms with Gasteiger partial charge >= 0.3 is 6.03 Å². The van der Waals surface area contributed by atoms with Crippen LogP contribution < -0.4 is 4.90 Å². The van der Waals surface area contributed by atoms with Gasteiger partial charge in [-0.1, -0.05) is 11.6 Å². The minimum absolute atomic E-state index is 0.151. The van der Waals surface area contributed by atoms with Gasteiger partial charge in [-0.2, -0.15) is 0 Å². The van der Waals surface area contributed by atoms with E-state index in [1.807, 2.05) is 0 Å². The molecule has 0 heterocycles. The molecule has 5 nitrogen and oxygen atoms in total. The van der Waals surface area contributed by atoms with E-state index >= 15 is 0 Å². The van der Waals surface area contributed by atoms with Gasteiger partial charge in [-0.25, -0.2) is 4.79 Å². The molecule has 0 aliphatic carbocycles. The molecule has 0 bridgehead atoms. The Hall–Kier alpha value is -1.30. The van der Waals surface area contributed by atoms with Crippen LogP contribution in [-0.2, 0) is 9.47 Å². The number of nitrogens with zero attached hydrogens (tertiary/aromatic N) is 2. The Balaban J connectivity index is 2.68. The molecule has 0 aliphatic rings. The zero-order valence-corrected chi connectivity index (χ0v) is 12.3. The first-order valence-electron chi connectivity index (χ1n) is 5.79. The number of anilines is 1. The summed E-state index contributed by atoms with van der Waals surface area (Å²) in [5.41, 5.74) is 0.771. The van der Waals surface area contributed by atoms with E-state index in [9.17, 15) is 4.79 Å². The number of ether oxygens (including phenoxy) is 2. The lowest BCUT2D eigenvalue weighted by molar-refractivity contribution is -0.109. The molecule has 0 radical (unpaired) electrons. The van der Waals surface area contributed by atoms with Gasteiger partial charge in [0.25, 0.3) is 0 Å². The molecular formula is C13H19ClN2O3. The topological polar surface area (TPSA) is 42.0 Å². The lowest BCUT2D eigenvalue weighted by Crippen LogP contribution is -2.43. The average molecular weight is 287 g/mol. The summed E-state index contributed by atoms with van der Waals surface area (Å²) in [6, 6.07) is 6.92. The van der Waals surface area contributed by atoms with E-state index < -0.39 is 6.29 Å². The first-order valence-corrected chi connectivity index (χ1v) is 6.17. The van der Waals surface area contributed by atoms with Crippen molar-refractivity contribution in [1.82, 2.24) is 4.90 Å². The number of rotatable bonds is 5. The van der Waals surface area contributed by atoms with Crippen molar-refractivity contribution < 1.29 is 14.3 Å². The number of hydrogen-bond acceptors (Lipinski definition) is 3. The third kappa shape index (κ3) is 4.38. The van der Waals surface area contributed by atoms with E-state index in [2.05, 4.69) is 0 Å². The number of urea groups is 1. The van der Waals surface area contributed by atoms with Crippen LogP contribution in [0.15, 0.2) is 24.3 Å². The summed E-state index contributed by atoms with van der Waals surface area (Å²) in [7, 11) is 6.47. The van der Waals surface area contributed by atoms with Crippen molar-refractivity contribution in [3.63, 3.8) is 0 Å². The monoisotopic (exact) mass is 286 g/mol. The maximum absolute atomic E-state index is 12.2. The Morgan fingerprint density at radius 3 is 2.21 bits per heavy atom. The van der Waals surface area contributed by atoms with Crippen LogP contribution in [0, 0.1) is 0 Å². The van der Waals surface area contributed by atoms with Crippen molar-refractivity contribution in [3.05, 3.63) is 29.3 Å².